The number of nitrogens with zero attached hydrogens (tertiary/aromatic N) is 4. The van der Waals surface area contributed by atoms with Crippen LogP contribution in [0.15, 0.2) is 24.7 Å². The van der Waals surface area contributed by atoms with Gasteiger partial charge in [0.25, 0.3) is 0 Å². The topological polar surface area (TPSA) is 71.0 Å². The van der Waals surface area contributed by atoms with Crippen molar-refractivity contribution in [2.45, 2.75) is 45.8 Å². The highest BCUT2D eigenvalue weighted by Gasteiger charge is 2.45. The van der Waals surface area contributed by atoms with Crippen LogP contribution in [-0.2, 0) is 4.79 Å². The van der Waals surface area contributed by atoms with Crippen molar-refractivity contribution in [2.24, 2.45) is 11.3 Å². The van der Waals surface area contributed by atoms with Crippen LogP contribution in [0.25, 0.3) is 11.2 Å². The molecule has 9 heteroatoms. The lowest BCUT2D eigenvalue weighted by molar-refractivity contribution is -0.178. The second kappa shape index (κ2) is 7.52. The first-order valence-electron chi connectivity index (χ1n) is 9.20. The van der Waals surface area contributed by atoms with E-state index < -0.39 is 18.1 Å². The number of pyridine rings is 1. The van der Waals surface area contributed by atoms with Gasteiger partial charge in [-0.3, -0.25) is 4.79 Å². The number of hydrogen-bond donors (Lipinski definition) is 1. The molecular formula is C19H24F3N5O. The first-order chi connectivity index (χ1) is 13.0. The van der Waals surface area contributed by atoms with Crippen molar-refractivity contribution >= 4 is 22.8 Å². The largest absolute Gasteiger partial charge is 0.393 e. The number of aromatic nitrogens is 3. The third-order valence-corrected chi connectivity index (χ3v) is 4.66. The molecule has 28 heavy (non-hydrogen) atoms. The fourth-order valence-electron chi connectivity index (χ4n) is 3.52. The van der Waals surface area contributed by atoms with Crippen LogP contribution < -0.4 is 10.2 Å². The standard InChI is InChI=1S/C19H24F3N5O/c1-18(2,3)9-15(28)26-13-8-12(19(20,21)22)10-27(11-13)14-4-5-24-17-16(14)23-6-7-25-17/h4-7,12-13H,8-11H2,1-3H3,(H,26,28)/t12-,13+/m0/s1. The van der Waals surface area contributed by atoms with Crippen molar-refractivity contribution in [3.63, 3.8) is 0 Å². The normalized spacial score (nSPS) is 21.0. The molecule has 1 fully saturated rings. The molecule has 2 atom stereocenters. The van der Waals surface area contributed by atoms with Gasteiger partial charge in [-0.15, -0.1) is 0 Å². The first-order valence-corrected chi connectivity index (χ1v) is 9.20. The summed E-state index contributed by atoms with van der Waals surface area (Å²) < 4.78 is 40.6. The summed E-state index contributed by atoms with van der Waals surface area (Å²) in [6.07, 6.45) is 0.260. The van der Waals surface area contributed by atoms with E-state index in [-0.39, 0.29) is 37.3 Å². The van der Waals surface area contributed by atoms with Gasteiger partial charge in [0.05, 0.1) is 11.6 Å². The second-order valence-electron chi connectivity index (χ2n) is 8.44. The van der Waals surface area contributed by atoms with E-state index in [9.17, 15) is 18.0 Å². The van der Waals surface area contributed by atoms with E-state index >= 15 is 0 Å². The predicted octanol–water partition coefficient (Wildman–Crippen LogP) is 3.33. The highest BCUT2D eigenvalue weighted by molar-refractivity contribution is 5.85. The number of hydrogen-bond acceptors (Lipinski definition) is 5. The monoisotopic (exact) mass is 395 g/mol. The maximum atomic E-state index is 13.5. The van der Waals surface area contributed by atoms with Crippen molar-refractivity contribution in [1.82, 2.24) is 20.3 Å². The Morgan fingerprint density at radius 2 is 1.82 bits per heavy atom. The summed E-state index contributed by atoms with van der Waals surface area (Å²) in [5.41, 5.74) is 1.14. The van der Waals surface area contributed by atoms with Crippen molar-refractivity contribution < 1.29 is 18.0 Å². The fraction of sp³-hybridized carbons (Fsp3) is 0.579. The predicted molar refractivity (Wildman–Crippen MR) is 99.7 cm³/mol. The van der Waals surface area contributed by atoms with Crippen molar-refractivity contribution in [3.8, 4) is 0 Å². The molecule has 3 rings (SSSR count). The quantitative estimate of drug-likeness (QED) is 0.863. The van der Waals surface area contributed by atoms with Crippen LogP contribution in [-0.4, -0.2) is 46.2 Å². The van der Waals surface area contributed by atoms with Crippen LogP contribution in [0.1, 0.15) is 33.6 Å². The Hall–Kier alpha value is -2.45. The lowest BCUT2D eigenvalue weighted by Crippen LogP contribution is -2.54. The number of alkyl halides is 3. The number of carbonyl (C=O) groups is 1. The molecule has 0 radical (unpaired) electrons. The maximum absolute atomic E-state index is 13.5. The number of fused-ring (bicyclic) bond motifs is 1. The SMILES string of the molecule is CC(C)(C)CC(=O)N[C@@H]1C[C@H](C(F)(F)F)CN(c2ccnc3nccnc23)C1. The van der Waals surface area contributed by atoms with Gasteiger partial charge in [0, 0.05) is 44.1 Å². The number of amides is 1. The molecule has 1 saturated heterocycles. The van der Waals surface area contributed by atoms with E-state index in [4.69, 9.17) is 0 Å². The van der Waals surface area contributed by atoms with Crippen LogP contribution in [0.3, 0.4) is 0 Å². The molecule has 2 aromatic rings. The van der Waals surface area contributed by atoms with Gasteiger partial charge in [-0.25, -0.2) is 15.0 Å². The van der Waals surface area contributed by atoms with Gasteiger partial charge < -0.3 is 10.2 Å². The molecule has 0 unspecified atom stereocenters. The molecule has 6 nitrogen and oxygen atoms in total. The van der Waals surface area contributed by atoms with E-state index in [1.165, 1.54) is 18.6 Å². The van der Waals surface area contributed by atoms with Gasteiger partial charge in [-0.1, -0.05) is 20.8 Å². The number of rotatable bonds is 3. The van der Waals surface area contributed by atoms with E-state index in [1.807, 2.05) is 20.8 Å². The molecule has 2 aromatic heterocycles. The zero-order valence-corrected chi connectivity index (χ0v) is 16.1. The maximum Gasteiger partial charge on any atom is 0.393 e. The molecule has 3 heterocycles. The number of carbonyl (C=O) groups excluding carboxylic acids is 1. The lowest BCUT2D eigenvalue weighted by atomic mass is 9.90. The van der Waals surface area contributed by atoms with Crippen LogP contribution in [0.4, 0.5) is 18.9 Å². The zero-order valence-electron chi connectivity index (χ0n) is 16.1. The second-order valence-corrected chi connectivity index (χ2v) is 8.44. The van der Waals surface area contributed by atoms with E-state index in [2.05, 4.69) is 20.3 Å². The molecule has 1 aliphatic rings. The van der Waals surface area contributed by atoms with Crippen molar-refractivity contribution in [2.75, 3.05) is 18.0 Å². The molecule has 152 valence electrons. The van der Waals surface area contributed by atoms with E-state index in [1.54, 1.807) is 11.0 Å². The minimum atomic E-state index is -4.35. The Bertz CT molecular complexity index is 844. The van der Waals surface area contributed by atoms with Gasteiger partial charge in [0.1, 0.15) is 5.52 Å². The van der Waals surface area contributed by atoms with E-state index in [0.29, 0.717) is 16.9 Å². The molecule has 0 aliphatic carbocycles. The molecule has 0 saturated carbocycles. The molecule has 1 amide bonds. The van der Waals surface area contributed by atoms with Crippen molar-refractivity contribution in [1.29, 1.82) is 0 Å². The average Bonchev–Trinajstić information content (AvgIpc) is 2.58. The molecule has 1 aliphatic heterocycles. The Balaban J connectivity index is 1.87. The Morgan fingerprint density at radius 1 is 1.14 bits per heavy atom. The van der Waals surface area contributed by atoms with Crippen LogP contribution in [0.5, 0.6) is 0 Å². The summed E-state index contributed by atoms with van der Waals surface area (Å²) >= 11 is 0. The van der Waals surface area contributed by atoms with Crippen LogP contribution in [0.2, 0.25) is 0 Å². The van der Waals surface area contributed by atoms with Gasteiger partial charge in [0.2, 0.25) is 5.91 Å². The Labute approximate surface area is 161 Å². The Morgan fingerprint density at radius 3 is 2.50 bits per heavy atom. The van der Waals surface area contributed by atoms with Crippen LogP contribution in [0, 0.1) is 11.3 Å². The first kappa shape index (κ1) is 20.3. The highest BCUT2D eigenvalue weighted by atomic mass is 19.4. The third kappa shape index (κ3) is 4.88. The summed E-state index contributed by atoms with van der Waals surface area (Å²) in [5, 5.41) is 2.79. The molecule has 0 bridgehead atoms. The third-order valence-electron chi connectivity index (χ3n) is 4.66. The summed E-state index contributed by atoms with van der Waals surface area (Å²) in [6, 6.07) is 1.04. The van der Waals surface area contributed by atoms with Gasteiger partial charge >= 0.3 is 6.18 Å². The van der Waals surface area contributed by atoms with Crippen molar-refractivity contribution in [3.05, 3.63) is 24.7 Å². The smallest absolute Gasteiger partial charge is 0.367 e. The molecule has 1 N–H and O–H groups in total. The average molecular weight is 395 g/mol. The molecular weight excluding hydrogens is 371 g/mol. The number of nitrogens with one attached hydrogen (secondary N) is 1. The van der Waals surface area contributed by atoms with Gasteiger partial charge in [-0.05, 0) is 17.9 Å². The minimum absolute atomic E-state index is 0.134. The number of anilines is 1. The fourth-order valence-corrected chi connectivity index (χ4v) is 3.52. The van der Waals surface area contributed by atoms with Gasteiger partial charge in [0.15, 0.2) is 5.65 Å². The van der Waals surface area contributed by atoms with Crippen LogP contribution >= 0.6 is 0 Å². The summed E-state index contributed by atoms with van der Waals surface area (Å²) in [6.45, 7) is 5.84. The molecule has 0 aromatic carbocycles. The summed E-state index contributed by atoms with van der Waals surface area (Å²) in [5.74, 6) is -1.78. The minimum Gasteiger partial charge on any atom is -0.367 e. The summed E-state index contributed by atoms with van der Waals surface area (Å²) in [4.78, 5) is 26.4. The van der Waals surface area contributed by atoms with E-state index in [0.717, 1.165) is 0 Å². The zero-order chi connectivity index (χ0) is 20.5. The summed E-state index contributed by atoms with van der Waals surface area (Å²) in [7, 11) is 0. The number of piperidine rings is 1. The molecule has 0 spiro atoms. The number of halogens is 3. The Kier molecular flexibility index (Phi) is 5.45. The van der Waals surface area contributed by atoms with Gasteiger partial charge in [-0.2, -0.15) is 13.2 Å². The lowest BCUT2D eigenvalue weighted by Gasteiger charge is -2.40. The highest BCUT2D eigenvalue weighted by Crippen LogP contribution is 2.36.